The van der Waals surface area contributed by atoms with E-state index in [4.69, 9.17) is 52.4 Å². The molecule has 1 amide bonds. The maximum atomic E-state index is 14.0. The Morgan fingerprint density at radius 3 is 2.23 bits per heavy atom. The summed E-state index contributed by atoms with van der Waals surface area (Å²) in [6.07, 6.45) is -18.0. The molecule has 2 saturated heterocycles. The van der Waals surface area contributed by atoms with Crippen LogP contribution in [-0.2, 0) is 90.1 Å². The first-order valence-electron chi connectivity index (χ1n) is 21.0. The number of hydrogen-bond acceptors (Lipinski definition) is 21. The van der Waals surface area contributed by atoms with Crippen LogP contribution in [0, 0.1) is 0 Å². The summed E-state index contributed by atoms with van der Waals surface area (Å²) in [5.74, 6) is -4.40. The van der Waals surface area contributed by atoms with E-state index in [1.165, 1.54) is 4.57 Å². The van der Waals surface area contributed by atoms with Crippen molar-refractivity contribution in [1.82, 2.24) is 14.9 Å². The van der Waals surface area contributed by atoms with Gasteiger partial charge in [-0.3, -0.25) is 24.0 Å². The fourth-order valence-electron chi connectivity index (χ4n) is 8.41. The summed E-state index contributed by atoms with van der Waals surface area (Å²) in [7, 11) is 0. The minimum atomic E-state index is -2.06. The van der Waals surface area contributed by atoms with E-state index in [1.807, 2.05) is 30.3 Å². The predicted octanol–water partition coefficient (Wildman–Crippen LogP) is -0.263. The van der Waals surface area contributed by atoms with E-state index in [1.54, 1.807) is 13.0 Å². The average Bonchev–Trinajstić information content (AvgIpc) is 3.63. The zero-order chi connectivity index (χ0) is 47.6. The number of nitrogens with one attached hydrogen (secondary N) is 1. The van der Waals surface area contributed by atoms with E-state index >= 15 is 0 Å². The molecule has 4 N–H and O–H groups in total. The second-order valence-electron chi connectivity index (χ2n) is 15.8. The highest BCUT2D eigenvalue weighted by molar-refractivity contribution is 5.88. The number of carbonyl (C=O) groups excluding carboxylic acids is 6. The number of aliphatic hydroxyl groups excluding tert-OH is 3. The van der Waals surface area contributed by atoms with Crippen LogP contribution >= 0.6 is 0 Å². The van der Waals surface area contributed by atoms with Crippen molar-refractivity contribution in [1.29, 1.82) is 0 Å². The number of carbonyl (C=O) groups is 6. The topological polar surface area (TPSA) is 302 Å². The fraction of sp³-hybridized carbons (Fsp3) is 0.535. The minimum Gasteiger partial charge on any atom is -0.463 e. The Morgan fingerprint density at radius 2 is 1.55 bits per heavy atom. The molecule has 0 bridgehead atoms. The molecule has 6 heterocycles. The molecule has 0 unspecified atom stereocenters. The van der Waals surface area contributed by atoms with Gasteiger partial charge in [0, 0.05) is 50.8 Å². The van der Waals surface area contributed by atoms with Crippen molar-refractivity contribution in [3.8, 4) is 11.4 Å². The molecule has 0 spiro atoms. The first-order valence-corrected chi connectivity index (χ1v) is 21.0. The summed E-state index contributed by atoms with van der Waals surface area (Å²) in [5, 5.41) is 35.2. The molecular formula is C43H49N3O20. The van der Waals surface area contributed by atoms with Gasteiger partial charge in [-0.2, -0.15) is 0 Å². The van der Waals surface area contributed by atoms with Crippen LogP contribution in [0.5, 0.6) is 0 Å². The van der Waals surface area contributed by atoms with Gasteiger partial charge in [-0.1, -0.05) is 25.1 Å². The van der Waals surface area contributed by atoms with Crippen LogP contribution in [0.25, 0.3) is 22.3 Å². The zero-order valence-electron chi connectivity index (χ0n) is 36.4. The van der Waals surface area contributed by atoms with Gasteiger partial charge in [0.25, 0.3) is 5.56 Å². The molecule has 2 fully saturated rings. The number of ether oxygens (including phenoxy) is 10. The monoisotopic (exact) mass is 927 g/mol. The highest BCUT2D eigenvalue weighted by Crippen LogP contribution is 2.41. The third kappa shape index (κ3) is 9.59. The number of aromatic nitrogens is 2. The van der Waals surface area contributed by atoms with Crippen molar-refractivity contribution in [2.75, 3.05) is 26.4 Å². The number of pyridine rings is 2. The van der Waals surface area contributed by atoms with Gasteiger partial charge in [0.15, 0.2) is 37.0 Å². The lowest BCUT2D eigenvalue weighted by Crippen LogP contribution is -2.66. The van der Waals surface area contributed by atoms with Crippen LogP contribution in [0.4, 0.5) is 4.79 Å². The summed E-state index contributed by atoms with van der Waals surface area (Å²) in [5.41, 5.74) is 0.210. The highest BCUT2D eigenvalue weighted by Gasteiger charge is 2.56. The molecule has 11 atom stereocenters. The smallest absolute Gasteiger partial charge is 0.408 e. The van der Waals surface area contributed by atoms with Gasteiger partial charge >= 0.3 is 35.9 Å². The Morgan fingerprint density at radius 1 is 0.864 bits per heavy atom. The molecule has 4 aliphatic heterocycles. The van der Waals surface area contributed by atoms with Crippen LogP contribution in [0.2, 0.25) is 0 Å². The number of hydrogen-bond donors (Lipinski definition) is 4. The molecule has 1 aromatic carbocycles. The molecule has 0 saturated carbocycles. The summed E-state index contributed by atoms with van der Waals surface area (Å²) in [6, 6.07) is 11.0. The normalized spacial score (nSPS) is 28.8. The van der Waals surface area contributed by atoms with E-state index < -0.39 is 128 Å². The van der Waals surface area contributed by atoms with E-state index in [2.05, 4.69) is 5.32 Å². The van der Waals surface area contributed by atoms with Gasteiger partial charge in [-0.05, 0) is 24.6 Å². The fourth-order valence-corrected chi connectivity index (χ4v) is 8.41. The lowest BCUT2D eigenvalue weighted by atomic mass is 9.85. The van der Waals surface area contributed by atoms with Crippen molar-refractivity contribution in [3.63, 3.8) is 0 Å². The molecule has 66 heavy (non-hydrogen) atoms. The first kappa shape index (κ1) is 47.9. The van der Waals surface area contributed by atoms with Gasteiger partial charge in [-0.25, -0.2) is 14.6 Å². The maximum Gasteiger partial charge on any atom is 0.408 e. The molecule has 4 aliphatic rings. The van der Waals surface area contributed by atoms with Crippen molar-refractivity contribution >= 4 is 46.8 Å². The molecule has 7 rings (SSSR count). The second-order valence-corrected chi connectivity index (χ2v) is 15.8. The van der Waals surface area contributed by atoms with Crippen molar-refractivity contribution in [3.05, 3.63) is 63.4 Å². The number of alkyl carbamates (subject to hydrolysis) is 1. The predicted molar refractivity (Wildman–Crippen MR) is 217 cm³/mol. The molecule has 0 radical (unpaired) electrons. The Balaban J connectivity index is 1.12. The van der Waals surface area contributed by atoms with E-state index in [0.29, 0.717) is 16.9 Å². The van der Waals surface area contributed by atoms with Gasteiger partial charge in [-0.15, -0.1) is 0 Å². The SMILES string of the molecule is CC[C@@]1(OC(=O)NCCO[C@@H]2O[C@H](COC(C)=O)[C@@H](OC(C)=O)[C@H](OC(C)=O)[C@@H]2O[C@H]2O[C@H](CO)[C@@H](O)[C@H](OC(C)=O)[C@H]2O)C(=O)OCc2c1cc1n(c2=O)Cc2cc3ccccc3nc2-1. The Hall–Kier alpha value is -6.08. The number of benzene rings is 1. The standard InChI is InChI=1S/C43H49N3O20/c1-6-43(26-14-28-31-24(13-23-9-7-8-10-27(23)45-31)15-46(28)38(54)25(26)17-59-41(43)55)66-42(56)44-11-12-57-40-37(65-39-33(53)35(61-21(4)50)32(52)29(16-47)63-39)36(62-22(5)51)34(60-20(3)49)30(64-40)18-58-19(2)48/h7-10,13-14,29-30,32-37,39-40,47,52-53H,6,11-12,15-18H2,1-5H3,(H,44,56)/t29-,30-,32-,33-,34-,35+,36+,37+,39-,40-,43+/m1/s1. The van der Waals surface area contributed by atoms with Crippen LogP contribution in [-0.4, -0.2) is 149 Å². The molecule has 2 aromatic heterocycles. The average molecular weight is 928 g/mol. The number of nitrogens with zero attached hydrogens (tertiary/aromatic N) is 2. The first-order chi connectivity index (χ1) is 31.5. The Bertz CT molecular complexity index is 2440. The van der Waals surface area contributed by atoms with Crippen LogP contribution < -0.4 is 10.9 Å². The number of para-hydroxylation sites is 1. The second kappa shape index (κ2) is 19.8. The number of aliphatic hydroxyl groups is 3. The van der Waals surface area contributed by atoms with Crippen molar-refractivity contribution < 1.29 is 91.5 Å². The molecular weight excluding hydrogens is 878 g/mol. The molecule has 356 valence electrons. The molecule has 23 heteroatoms. The largest absolute Gasteiger partial charge is 0.463 e. The van der Waals surface area contributed by atoms with E-state index in [0.717, 1.165) is 38.6 Å². The third-order valence-corrected chi connectivity index (χ3v) is 11.4. The number of cyclic esters (lactones) is 1. The van der Waals surface area contributed by atoms with E-state index in [-0.39, 0.29) is 37.2 Å². The lowest BCUT2D eigenvalue weighted by Gasteiger charge is -2.47. The Kier molecular flexibility index (Phi) is 14.4. The number of rotatable bonds is 14. The summed E-state index contributed by atoms with van der Waals surface area (Å²) < 4.78 is 57.8. The summed E-state index contributed by atoms with van der Waals surface area (Å²) in [6.45, 7) is 3.38. The summed E-state index contributed by atoms with van der Waals surface area (Å²) in [4.78, 5) is 94.7. The van der Waals surface area contributed by atoms with Crippen molar-refractivity contribution in [2.24, 2.45) is 0 Å². The molecule has 23 nitrogen and oxygen atoms in total. The van der Waals surface area contributed by atoms with Crippen LogP contribution in [0.15, 0.2) is 41.2 Å². The quantitative estimate of drug-likeness (QED) is 0.0719. The number of amides is 1. The van der Waals surface area contributed by atoms with Crippen molar-refractivity contribution in [2.45, 2.75) is 121 Å². The zero-order valence-corrected chi connectivity index (χ0v) is 36.4. The number of esters is 5. The van der Waals surface area contributed by atoms with Crippen LogP contribution in [0.1, 0.15) is 57.7 Å². The van der Waals surface area contributed by atoms with Gasteiger partial charge in [0.05, 0.1) is 42.2 Å². The number of fused-ring (bicyclic) bond motifs is 5. The maximum absolute atomic E-state index is 14.0. The third-order valence-electron chi connectivity index (χ3n) is 11.4. The Labute approximate surface area is 375 Å². The molecule has 0 aliphatic carbocycles. The van der Waals surface area contributed by atoms with E-state index in [9.17, 15) is 48.9 Å². The van der Waals surface area contributed by atoms with Gasteiger partial charge in [0.2, 0.25) is 5.60 Å². The summed E-state index contributed by atoms with van der Waals surface area (Å²) >= 11 is 0. The van der Waals surface area contributed by atoms with Crippen LogP contribution in [0.3, 0.4) is 0 Å². The highest BCUT2D eigenvalue weighted by atomic mass is 16.8. The van der Waals surface area contributed by atoms with Gasteiger partial charge in [0.1, 0.15) is 37.6 Å². The minimum absolute atomic E-state index is 0.123. The lowest BCUT2D eigenvalue weighted by molar-refractivity contribution is -0.367. The molecule has 3 aromatic rings. The van der Waals surface area contributed by atoms with Gasteiger partial charge < -0.3 is 72.6 Å².